The number of aliphatic imine (C=N–C) groups is 1. The zero-order chi connectivity index (χ0) is 26.1. The molecule has 37 heavy (non-hydrogen) atoms. The first-order valence-corrected chi connectivity index (χ1v) is 12.9. The molecule has 2 fully saturated rings. The van der Waals surface area contributed by atoms with Gasteiger partial charge < -0.3 is 15.3 Å². The van der Waals surface area contributed by atoms with Gasteiger partial charge in [-0.2, -0.15) is 0 Å². The van der Waals surface area contributed by atoms with Gasteiger partial charge in [0, 0.05) is 16.2 Å². The molecule has 1 unspecified atom stereocenters. The summed E-state index contributed by atoms with van der Waals surface area (Å²) in [6.45, 7) is 0.0882. The Bertz CT molecular complexity index is 1370. The van der Waals surface area contributed by atoms with E-state index < -0.39 is 11.9 Å². The second-order valence-corrected chi connectivity index (χ2v) is 10.1. The zero-order valence-corrected chi connectivity index (χ0v) is 22.2. The van der Waals surface area contributed by atoms with Gasteiger partial charge in [-0.05, 0) is 65.5 Å². The van der Waals surface area contributed by atoms with E-state index in [-0.39, 0.29) is 36.7 Å². The van der Waals surface area contributed by atoms with Gasteiger partial charge in [0.2, 0.25) is 11.2 Å². The molecule has 10 nitrogen and oxygen atoms in total. The molecule has 1 aromatic heterocycles. The second-order valence-electron chi connectivity index (χ2n) is 8.86. The maximum Gasteiger partial charge on any atom is 0.325 e. The standard InChI is InChI=1S/C25H23BrN6O4S/c1-30-20(23(36-29-30)28-22(34)15-5-3-2-4-6-15)14-31-19(24(35)32(25(31)37)18-11-12-18)13-21(33)27-17-9-7-16(26)8-10-17/h2-10,18-19H,11-14H2,1H3,(H-,27,28,29,33,34). The zero-order valence-electron chi connectivity index (χ0n) is 19.8. The number of rotatable bonds is 8. The Morgan fingerprint density at radius 1 is 1.24 bits per heavy atom. The van der Waals surface area contributed by atoms with Crippen molar-refractivity contribution < 1.29 is 23.9 Å². The Morgan fingerprint density at radius 3 is 2.62 bits per heavy atom. The molecule has 2 amide bonds. The van der Waals surface area contributed by atoms with Gasteiger partial charge in [-0.1, -0.05) is 46.3 Å². The highest BCUT2D eigenvalue weighted by Crippen LogP contribution is 2.35. The highest BCUT2D eigenvalue weighted by atomic mass is 79.9. The molecule has 3 aromatic rings. The van der Waals surface area contributed by atoms with E-state index in [1.165, 1.54) is 4.68 Å². The normalized spacial score (nSPS) is 18.0. The molecule has 1 atom stereocenters. The topological polar surface area (TPSA) is 118 Å². The number of aryl methyl sites for hydroxylation is 1. The smallest absolute Gasteiger partial charge is 0.325 e. The van der Waals surface area contributed by atoms with Crippen molar-refractivity contribution in [1.82, 2.24) is 15.1 Å². The fourth-order valence-electron chi connectivity index (χ4n) is 4.12. The lowest BCUT2D eigenvalue weighted by Crippen LogP contribution is -2.42. The fourth-order valence-corrected chi connectivity index (χ4v) is 4.81. The average molecular weight is 583 g/mol. The van der Waals surface area contributed by atoms with Crippen LogP contribution in [0.5, 0.6) is 0 Å². The van der Waals surface area contributed by atoms with Crippen LogP contribution in [0.4, 0.5) is 11.6 Å². The number of hydrogen-bond acceptors (Lipinski definition) is 7. The van der Waals surface area contributed by atoms with Crippen molar-refractivity contribution in [3.05, 3.63) is 70.3 Å². The third kappa shape index (κ3) is 5.39. The molecule has 2 aromatic carbocycles. The first-order valence-electron chi connectivity index (χ1n) is 11.7. The fraction of sp³-hybridized carbons (Fsp3) is 0.280. The summed E-state index contributed by atoms with van der Waals surface area (Å²) in [5.74, 6) is -0.986. The summed E-state index contributed by atoms with van der Waals surface area (Å²) in [6.07, 6.45) is 1.64. The van der Waals surface area contributed by atoms with Crippen LogP contribution in [-0.2, 0) is 23.2 Å². The molecule has 1 aliphatic heterocycles. The highest BCUT2D eigenvalue weighted by Gasteiger charge is 2.50. The number of halogens is 1. The summed E-state index contributed by atoms with van der Waals surface area (Å²) < 4.78 is 7.66. The molecule has 1 aliphatic carbocycles. The lowest BCUT2D eigenvalue weighted by Gasteiger charge is -2.21. The predicted molar refractivity (Wildman–Crippen MR) is 140 cm³/mol. The Balaban J connectivity index is 1.40. The lowest BCUT2D eigenvalue weighted by molar-refractivity contribution is -0.746. The monoisotopic (exact) mass is 582 g/mol. The molecule has 0 spiro atoms. The quantitative estimate of drug-likeness (QED) is 0.187. The second kappa shape index (κ2) is 10.4. The van der Waals surface area contributed by atoms with Gasteiger partial charge in [0.15, 0.2) is 12.2 Å². The molecule has 5 rings (SSSR count). The summed E-state index contributed by atoms with van der Waals surface area (Å²) >= 11 is 9.06. The Morgan fingerprint density at radius 2 is 1.95 bits per heavy atom. The maximum atomic E-state index is 13.4. The molecule has 0 radical (unpaired) electrons. The molecule has 190 valence electrons. The molecule has 1 saturated heterocycles. The number of carbonyl (C=O) groups is 2. The lowest BCUT2D eigenvalue weighted by atomic mass is 10.1. The van der Waals surface area contributed by atoms with Crippen molar-refractivity contribution in [3.8, 4) is 0 Å². The minimum Gasteiger partial charge on any atom is -0.858 e. The van der Waals surface area contributed by atoms with E-state index in [1.807, 2.05) is 12.1 Å². The van der Waals surface area contributed by atoms with Crippen molar-refractivity contribution in [2.24, 2.45) is 12.0 Å². The van der Waals surface area contributed by atoms with Crippen LogP contribution < -0.4 is 15.1 Å². The number of aromatic nitrogens is 2. The van der Waals surface area contributed by atoms with Crippen LogP contribution in [0.1, 0.15) is 30.5 Å². The van der Waals surface area contributed by atoms with Gasteiger partial charge in [0.05, 0.1) is 6.42 Å². The van der Waals surface area contributed by atoms with Crippen molar-refractivity contribution in [1.29, 1.82) is 0 Å². The third-order valence-electron chi connectivity index (χ3n) is 6.20. The van der Waals surface area contributed by atoms with E-state index in [2.05, 4.69) is 31.5 Å². The number of hydrogen-bond donors (Lipinski definition) is 1. The number of carbonyl (C=O) groups excluding carboxylic acids is 2. The van der Waals surface area contributed by atoms with Crippen LogP contribution in [0.3, 0.4) is 0 Å². The van der Waals surface area contributed by atoms with E-state index >= 15 is 0 Å². The molecule has 0 bridgehead atoms. The highest BCUT2D eigenvalue weighted by molar-refractivity contribution is 9.10. The van der Waals surface area contributed by atoms with Gasteiger partial charge in [0.25, 0.3) is 11.6 Å². The van der Waals surface area contributed by atoms with E-state index in [0.717, 1.165) is 17.3 Å². The molecule has 2 heterocycles. The van der Waals surface area contributed by atoms with Gasteiger partial charge in [-0.25, -0.2) is 4.99 Å². The van der Waals surface area contributed by atoms with E-state index in [9.17, 15) is 14.7 Å². The van der Waals surface area contributed by atoms with Crippen LogP contribution in [0.15, 0.2) is 68.6 Å². The number of anilines is 1. The predicted octanol–water partition coefficient (Wildman–Crippen LogP) is 2.19. The van der Waals surface area contributed by atoms with Crippen LogP contribution >= 0.6 is 28.1 Å². The van der Waals surface area contributed by atoms with Crippen LogP contribution in [0.2, 0.25) is 0 Å². The molecule has 1 saturated carbocycles. The minimum atomic E-state index is -0.809. The van der Waals surface area contributed by atoms with Crippen LogP contribution in [-0.4, -0.2) is 50.0 Å². The summed E-state index contributed by atoms with van der Waals surface area (Å²) in [5, 5.41) is 19.8. The summed E-state index contributed by atoms with van der Waals surface area (Å²) in [6, 6.07) is 15.0. The van der Waals surface area contributed by atoms with E-state index in [4.69, 9.17) is 16.7 Å². The number of thiocarbonyl (C=S) groups is 1. The number of nitrogens with one attached hydrogen (secondary N) is 1. The summed E-state index contributed by atoms with van der Waals surface area (Å²) in [7, 11) is 1.65. The summed E-state index contributed by atoms with van der Waals surface area (Å²) in [4.78, 5) is 33.7. The Hall–Kier alpha value is -3.64. The largest absolute Gasteiger partial charge is 0.858 e. The summed E-state index contributed by atoms with van der Waals surface area (Å²) in [5.41, 5.74) is 1.48. The third-order valence-corrected chi connectivity index (χ3v) is 7.16. The van der Waals surface area contributed by atoms with Gasteiger partial charge >= 0.3 is 5.88 Å². The first kappa shape index (κ1) is 25.0. The first-order chi connectivity index (χ1) is 17.8. The SMILES string of the molecule is C[n+]1noc(/N=C(\[O-])c2ccccc2)c1CN1C(=S)N(C2CC2)C(=O)C1CC(=O)Nc1ccc(Br)cc1. The maximum absolute atomic E-state index is 13.4. The Kier molecular flexibility index (Phi) is 7.02. The van der Waals surface area contributed by atoms with Crippen molar-refractivity contribution in [3.63, 3.8) is 0 Å². The van der Waals surface area contributed by atoms with Gasteiger partial charge in [-0.15, -0.1) is 0 Å². The van der Waals surface area contributed by atoms with E-state index in [0.29, 0.717) is 22.1 Å². The van der Waals surface area contributed by atoms with Gasteiger partial charge in [-0.3, -0.25) is 19.0 Å². The molecule has 12 heteroatoms. The van der Waals surface area contributed by atoms with Crippen molar-refractivity contribution in [2.45, 2.75) is 37.9 Å². The van der Waals surface area contributed by atoms with Crippen LogP contribution in [0.25, 0.3) is 0 Å². The van der Waals surface area contributed by atoms with E-state index in [1.54, 1.807) is 59.3 Å². The molecular weight excluding hydrogens is 560 g/mol. The number of amides is 2. The number of benzene rings is 2. The van der Waals surface area contributed by atoms with Gasteiger partial charge in [0.1, 0.15) is 12.6 Å². The number of nitrogens with zero attached hydrogens (tertiary/aromatic N) is 5. The average Bonchev–Trinajstić information content (AvgIpc) is 3.62. The van der Waals surface area contributed by atoms with Crippen LogP contribution in [0, 0.1) is 0 Å². The van der Waals surface area contributed by atoms with Crippen molar-refractivity contribution in [2.75, 3.05) is 5.32 Å². The van der Waals surface area contributed by atoms with Crippen molar-refractivity contribution >= 4 is 62.5 Å². The molecule has 1 N–H and O–H groups in total. The Labute approximate surface area is 226 Å². The molecular formula is C25H23BrN6O4S. The minimum absolute atomic E-state index is 0.0227. The molecule has 2 aliphatic rings.